The van der Waals surface area contributed by atoms with Gasteiger partial charge in [-0.2, -0.15) is 0 Å². The number of anilines is 1. The van der Waals surface area contributed by atoms with Gasteiger partial charge in [0.05, 0.1) is 0 Å². The van der Waals surface area contributed by atoms with Gasteiger partial charge in [0.2, 0.25) is 0 Å². The molecule has 0 saturated heterocycles. The summed E-state index contributed by atoms with van der Waals surface area (Å²) in [6.45, 7) is 7.64. The Morgan fingerprint density at radius 3 is 2.57 bits per heavy atom. The van der Waals surface area contributed by atoms with Crippen molar-refractivity contribution in [3.05, 3.63) is 28.6 Å². The lowest BCUT2D eigenvalue weighted by Gasteiger charge is -2.12. The lowest BCUT2D eigenvalue weighted by atomic mass is 10.2. The highest BCUT2D eigenvalue weighted by molar-refractivity contribution is 5.89. The van der Waals surface area contributed by atoms with Gasteiger partial charge in [-0.1, -0.05) is 25.3 Å². The Morgan fingerprint density at radius 2 is 2.00 bits per heavy atom. The molecule has 0 atom stereocenters. The second-order valence-electron chi connectivity index (χ2n) is 3.27. The lowest BCUT2D eigenvalue weighted by molar-refractivity contribution is 0.230. The Kier molecular flexibility index (Phi) is 2.92. The molecule has 0 unspecified atom stereocenters. The molecule has 14 heavy (non-hydrogen) atoms. The van der Waals surface area contributed by atoms with Crippen LogP contribution in [0.4, 0.5) is 10.5 Å². The number of carbonyl (C=O) groups is 1. The topological polar surface area (TPSA) is 32.3 Å². The van der Waals surface area contributed by atoms with Crippen molar-refractivity contribution in [1.29, 1.82) is 0 Å². The minimum atomic E-state index is -0.166. The first-order chi connectivity index (χ1) is 6.52. The van der Waals surface area contributed by atoms with Crippen molar-refractivity contribution in [1.82, 2.24) is 4.90 Å². The molecule has 0 heterocycles. The van der Waals surface area contributed by atoms with E-state index < -0.39 is 0 Å². The Bertz CT molecular complexity index is 437. The van der Waals surface area contributed by atoms with Crippen LogP contribution in [0, 0.1) is 0 Å². The number of carbonyl (C=O) groups excluding carboxylic acids is 1. The highest BCUT2D eigenvalue weighted by Gasteiger charge is 2.03. The van der Waals surface area contributed by atoms with Crippen LogP contribution in [0.2, 0.25) is 0 Å². The molecule has 0 bridgehead atoms. The van der Waals surface area contributed by atoms with Gasteiger partial charge < -0.3 is 10.2 Å². The van der Waals surface area contributed by atoms with E-state index in [9.17, 15) is 4.79 Å². The fraction of sp³-hybridized carbons (Fsp3) is 0.182. The van der Waals surface area contributed by atoms with E-state index >= 15 is 0 Å². The predicted molar refractivity (Wildman–Crippen MR) is 59.4 cm³/mol. The molecule has 0 aromatic heterocycles. The van der Waals surface area contributed by atoms with Crippen molar-refractivity contribution in [3.8, 4) is 0 Å². The Balaban J connectivity index is 2.99. The average molecular weight is 190 g/mol. The first kappa shape index (κ1) is 10.3. The van der Waals surface area contributed by atoms with Gasteiger partial charge in [0, 0.05) is 19.8 Å². The molecule has 3 nitrogen and oxygen atoms in total. The number of urea groups is 1. The van der Waals surface area contributed by atoms with Crippen LogP contribution in [-0.4, -0.2) is 25.0 Å². The molecule has 1 aromatic rings. The highest BCUT2D eigenvalue weighted by atomic mass is 16.2. The van der Waals surface area contributed by atoms with Crippen molar-refractivity contribution >= 4 is 24.9 Å². The predicted octanol–water partition coefficient (Wildman–Crippen LogP) is 0.601. The first-order valence-electron chi connectivity index (χ1n) is 4.27. The number of rotatable bonds is 1. The van der Waals surface area contributed by atoms with Crippen LogP contribution in [0.5, 0.6) is 0 Å². The molecule has 3 heteroatoms. The minimum absolute atomic E-state index is 0.166. The molecule has 1 aromatic carbocycles. The molecule has 0 aliphatic heterocycles. The number of nitrogens with zero attached hydrogens (tertiary/aromatic N) is 1. The largest absolute Gasteiger partial charge is 0.331 e. The van der Waals surface area contributed by atoms with Crippen LogP contribution < -0.4 is 15.8 Å². The molecule has 0 aliphatic rings. The second kappa shape index (κ2) is 3.96. The molecule has 0 radical (unpaired) electrons. The molecule has 1 N–H and O–H groups in total. The van der Waals surface area contributed by atoms with Crippen molar-refractivity contribution in [2.24, 2.45) is 0 Å². The van der Waals surface area contributed by atoms with Crippen molar-refractivity contribution in [3.63, 3.8) is 0 Å². The second-order valence-corrected chi connectivity index (χ2v) is 3.27. The van der Waals surface area contributed by atoms with Gasteiger partial charge in [0.15, 0.2) is 0 Å². The standard InChI is InChI=1S/C11H14N2O/c1-8-6-5-7-10(9(8)2)12-11(14)13(3)4/h5-7H,1-2H2,3-4H3,(H,12,14). The van der Waals surface area contributed by atoms with Gasteiger partial charge in [0.25, 0.3) is 0 Å². The zero-order valence-electron chi connectivity index (χ0n) is 8.50. The Hall–Kier alpha value is -1.77. The van der Waals surface area contributed by atoms with Gasteiger partial charge >= 0.3 is 6.03 Å². The number of hydrogen-bond donors (Lipinski definition) is 1. The maximum absolute atomic E-state index is 11.3. The first-order valence-corrected chi connectivity index (χ1v) is 4.27. The van der Waals surface area contributed by atoms with Gasteiger partial charge in [0.1, 0.15) is 0 Å². The fourth-order valence-corrected chi connectivity index (χ4v) is 0.979. The summed E-state index contributed by atoms with van der Waals surface area (Å²) >= 11 is 0. The van der Waals surface area contributed by atoms with E-state index in [0.29, 0.717) is 5.69 Å². The molecule has 0 aliphatic carbocycles. The zero-order chi connectivity index (χ0) is 10.7. The van der Waals surface area contributed by atoms with E-state index in [1.165, 1.54) is 4.90 Å². The Labute approximate surface area is 83.3 Å². The molecular weight excluding hydrogens is 176 g/mol. The van der Waals surface area contributed by atoms with E-state index in [1.807, 2.05) is 12.1 Å². The van der Waals surface area contributed by atoms with Crippen molar-refractivity contribution in [2.75, 3.05) is 19.4 Å². The van der Waals surface area contributed by atoms with E-state index in [-0.39, 0.29) is 6.03 Å². The van der Waals surface area contributed by atoms with Crippen LogP contribution in [0.3, 0.4) is 0 Å². The maximum atomic E-state index is 11.3. The van der Waals surface area contributed by atoms with Crippen molar-refractivity contribution < 1.29 is 4.79 Å². The monoisotopic (exact) mass is 190 g/mol. The van der Waals surface area contributed by atoms with Gasteiger partial charge in [-0.15, -0.1) is 0 Å². The third-order valence-electron chi connectivity index (χ3n) is 1.92. The van der Waals surface area contributed by atoms with E-state index in [0.717, 1.165) is 10.4 Å². The summed E-state index contributed by atoms with van der Waals surface area (Å²) < 4.78 is 0. The van der Waals surface area contributed by atoms with Crippen molar-refractivity contribution in [2.45, 2.75) is 0 Å². The molecular formula is C11H14N2O. The summed E-state index contributed by atoms with van der Waals surface area (Å²) in [5.41, 5.74) is 0.705. The summed E-state index contributed by atoms with van der Waals surface area (Å²) in [6, 6.07) is 5.33. The maximum Gasteiger partial charge on any atom is 0.321 e. The molecule has 2 amide bonds. The normalized spacial score (nSPS) is 9.57. The molecule has 1 rings (SSSR count). The molecule has 0 spiro atoms. The SMILES string of the molecule is C=c1cccc(NC(=O)N(C)C)c1=C. The molecule has 0 saturated carbocycles. The van der Waals surface area contributed by atoms with Crippen LogP contribution in [0.1, 0.15) is 0 Å². The summed E-state index contributed by atoms with van der Waals surface area (Å²) in [7, 11) is 3.37. The number of hydrogen-bond acceptors (Lipinski definition) is 1. The quantitative estimate of drug-likeness (QED) is 0.691. The van der Waals surface area contributed by atoms with Gasteiger partial charge in [-0.05, 0) is 16.5 Å². The van der Waals surface area contributed by atoms with Gasteiger partial charge in [-0.25, -0.2) is 4.79 Å². The number of amides is 2. The molecule has 0 fully saturated rings. The van der Waals surface area contributed by atoms with E-state index in [4.69, 9.17) is 0 Å². The lowest BCUT2D eigenvalue weighted by Crippen LogP contribution is -2.32. The van der Waals surface area contributed by atoms with E-state index in [1.54, 1.807) is 20.2 Å². The number of benzene rings is 1. The third kappa shape index (κ3) is 2.13. The summed E-state index contributed by atoms with van der Waals surface area (Å²) in [5.74, 6) is 0. The van der Waals surface area contributed by atoms with Crippen LogP contribution >= 0.6 is 0 Å². The van der Waals surface area contributed by atoms with Crippen LogP contribution in [0.25, 0.3) is 13.2 Å². The smallest absolute Gasteiger partial charge is 0.321 e. The van der Waals surface area contributed by atoms with E-state index in [2.05, 4.69) is 18.5 Å². The zero-order valence-corrected chi connectivity index (χ0v) is 8.50. The third-order valence-corrected chi connectivity index (χ3v) is 1.92. The summed E-state index contributed by atoms with van der Waals surface area (Å²) in [6.07, 6.45) is 0. The minimum Gasteiger partial charge on any atom is -0.331 e. The highest BCUT2D eigenvalue weighted by Crippen LogP contribution is 1.96. The number of nitrogens with one attached hydrogen (secondary N) is 1. The Morgan fingerprint density at radius 1 is 1.36 bits per heavy atom. The fourth-order valence-electron chi connectivity index (χ4n) is 0.979. The summed E-state index contributed by atoms with van der Waals surface area (Å²) in [5, 5.41) is 4.31. The van der Waals surface area contributed by atoms with Gasteiger partial charge in [-0.3, -0.25) is 0 Å². The average Bonchev–Trinajstić information content (AvgIpc) is 2.12. The van der Waals surface area contributed by atoms with Crippen LogP contribution in [0.15, 0.2) is 18.2 Å². The summed E-state index contributed by atoms with van der Waals surface area (Å²) in [4.78, 5) is 12.8. The molecule has 74 valence electrons. The van der Waals surface area contributed by atoms with Crippen LogP contribution in [-0.2, 0) is 0 Å².